The van der Waals surface area contributed by atoms with Crippen molar-refractivity contribution in [3.63, 3.8) is 0 Å². The van der Waals surface area contributed by atoms with Gasteiger partial charge in [0.05, 0.1) is 0 Å². The second-order valence-corrected chi connectivity index (χ2v) is 7.33. The molecule has 1 nitrogen and oxygen atoms in total. The van der Waals surface area contributed by atoms with Gasteiger partial charge in [0.25, 0.3) is 0 Å². The maximum atomic E-state index is 13.3. The summed E-state index contributed by atoms with van der Waals surface area (Å²) in [6, 6.07) is 8.85. The number of alkyl halides is 2. The Morgan fingerprint density at radius 2 is 1.86 bits per heavy atom. The van der Waals surface area contributed by atoms with Crippen molar-refractivity contribution in [1.82, 2.24) is 5.32 Å². The summed E-state index contributed by atoms with van der Waals surface area (Å²) in [5.74, 6) is -2.07. The monoisotopic (exact) mass is 407 g/mol. The summed E-state index contributed by atoms with van der Waals surface area (Å²) in [5.41, 5.74) is 1.29. The average molecular weight is 407 g/mol. The summed E-state index contributed by atoms with van der Waals surface area (Å²) < 4.78 is 27.9. The van der Waals surface area contributed by atoms with Gasteiger partial charge in [-0.1, -0.05) is 19.1 Å². The van der Waals surface area contributed by atoms with Gasteiger partial charge in [-0.25, -0.2) is 8.78 Å². The van der Waals surface area contributed by atoms with Gasteiger partial charge in [-0.15, -0.1) is 0 Å². The summed E-state index contributed by atoms with van der Waals surface area (Å²) in [4.78, 5) is 0. The molecule has 1 fully saturated rings. The van der Waals surface area contributed by atoms with Crippen LogP contribution < -0.4 is 5.32 Å². The van der Waals surface area contributed by atoms with Gasteiger partial charge in [0, 0.05) is 22.5 Å². The van der Waals surface area contributed by atoms with Crippen LogP contribution in [-0.4, -0.2) is 18.5 Å². The zero-order chi connectivity index (χ0) is 15.3. The first-order valence-electron chi connectivity index (χ1n) is 7.86. The van der Waals surface area contributed by atoms with Crippen LogP contribution in [0.15, 0.2) is 24.3 Å². The van der Waals surface area contributed by atoms with E-state index in [0.29, 0.717) is 24.8 Å². The zero-order valence-electron chi connectivity index (χ0n) is 12.5. The Kier molecular flexibility index (Phi) is 6.41. The van der Waals surface area contributed by atoms with Crippen LogP contribution in [0.3, 0.4) is 0 Å². The van der Waals surface area contributed by atoms with Crippen LogP contribution in [0.1, 0.15) is 44.6 Å². The lowest BCUT2D eigenvalue weighted by Crippen LogP contribution is -2.41. The molecule has 118 valence electrons. The molecule has 0 spiro atoms. The van der Waals surface area contributed by atoms with Gasteiger partial charge in [0.1, 0.15) is 0 Å². The highest BCUT2D eigenvalue weighted by Crippen LogP contribution is 2.38. The highest BCUT2D eigenvalue weighted by molar-refractivity contribution is 14.1. The molecular formula is C17H24F2IN. The molecule has 1 aliphatic carbocycles. The van der Waals surface area contributed by atoms with E-state index in [0.717, 1.165) is 19.4 Å². The van der Waals surface area contributed by atoms with Crippen molar-refractivity contribution < 1.29 is 8.78 Å². The van der Waals surface area contributed by atoms with Crippen molar-refractivity contribution in [2.24, 2.45) is 5.92 Å². The lowest BCUT2D eigenvalue weighted by molar-refractivity contribution is -0.0495. The largest absolute Gasteiger partial charge is 0.313 e. The van der Waals surface area contributed by atoms with Crippen LogP contribution >= 0.6 is 22.6 Å². The first-order chi connectivity index (χ1) is 10.00. The van der Waals surface area contributed by atoms with Crippen molar-refractivity contribution in [2.45, 2.75) is 57.4 Å². The minimum absolute atomic E-state index is 0.0503. The molecule has 0 aromatic heterocycles. The minimum atomic E-state index is -2.44. The summed E-state index contributed by atoms with van der Waals surface area (Å²) in [6.45, 7) is 3.10. The van der Waals surface area contributed by atoms with Crippen LogP contribution in [0.2, 0.25) is 0 Å². The maximum absolute atomic E-state index is 13.3. The van der Waals surface area contributed by atoms with Crippen LogP contribution in [0, 0.1) is 9.49 Å². The van der Waals surface area contributed by atoms with Gasteiger partial charge < -0.3 is 5.32 Å². The number of nitrogens with one attached hydrogen (secondary N) is 1. The van der Waals surface area contributed by atoms with Crippen molar-refractivity contribution >= 4 is 22.6 Å². The molecule has 0 amide bonds. The van der Waals surface area contributed by atoms with Gasteiger partial charge in [-0.3, -0.25) is 0 Å². The first kappa shape index (κ1) is 17.1. The van der Waals surface area contributed by atoms with E-state index in [1.165, 1.54) is 9.13 Å². The average Bonchev–Trinajstić information content (AvgIpc) is 2.46. The number of hydrogen-bond donors (Lipinski definition) is 1. The second kappa shape index (κ2) is 7.86. The normalized spacial score (nSPS) is 20.4. The molecule has 1 atom stereocenters. The summed E-state index contributed by atoms with van der Waals surface area (Å²) in [6.07, 6.45) is 3.39. The van der Waals surface area contributed by atoms with Crippen LogP contribution in [0.25, 0.3) is 0 Å². The van der Waals surface area contributed by atoms with Crippen molar-refractivity contribution in [3.8, 4) is 0 Å². The molecule has 0 bridgehead atoms. The Morgan fingerprint density at radius 3 is 2.43 bits per heavy atom. The molecule has 1 aliphatic rings. The second-order valence-electron chi connectivity index (χ2n) is 6.08. The maximum Gasteiger partial charge on any atom is 0.248 e. The molecule has 0 radical (unpaired) electrons. The van der Waals surface area contributed by atoms with Gasteiger partial charge in [0.2, 0.25) is 5.92 Å². The molecule has 2 rings (SSSR count). The van der Waals surface area contributed by atoms with E-state index in [1.54, 1.807) is 0 Å². The fraction of sp³-hybridized carbons (Fsp3) is 0.647. The smallest absolute Gasteiger partial charge is 0.248 e. The summed E-state index contributed by atoms with van der Waals surface area (Å²) in [5, 5.41) is 3.58. The van der Waals surface area contributed by atoms with E-state index in [9.17, 15) is 8.78 Å². The molecule has 0 saturated heterocycles. The third kappa shape index (κ3) is 5.47. The Balaban J connectivity index is 1.99. The van der Waals surface area contributed by atoms with E-state index >= 15 is 0 Å². The van der Waals surface area contributed by atoms with Crippen molar-refractivity contribution in [1.29, 1.82) is 0 Å². The van der Waals surface area contributed by atoms with Crippen LogP contribution in [0.4, 0.5) is 8.78 Å². The van der Waals surface area contributed by atoms with Gasteiger partial charge >= 0.3 is 0 Å². The number of benzene rings is 1. The van der Waals surface area contributed by atoms with E-state index in [4.69, 9.17) is 0 Å². The Hall–Kier alpha value is -0.230. The number of rotatable bonds is 6. The SMILES string of the molecule is CCCNC(Cc1ccc(I)cc1)C1CCC(F)(F)CC1. The van der Waals surface area contributed by atoms with Crippen LogP contribution in [0.5, 0.6) is 0 Å². The Labute approximate surface area is 140 Å². The molecule has 1 aromatic carbocycles. The molecule has 1 aromatic rings. The lowest BCUT2D eigenvalue weighted by Gasteiger charge is -2.34. The molecule has 1 N–H and O–H groups in total. The molecule has 1 unspecified atom stereocenters. The minimum Gasteiger partial charge on any atom is -0.313 e. The molecule has 4 heteroatoms. The first-order valence-corrected chi connectivity index (χ1v) is 8.94. The third-order valence-electron chi connectivity index (χ3n) is 4.36. The molecular weight excluding hydrogens is 383 g/mol. The number of halogens is 3. The summed E-state index contributed by atoms with van der Waals surface area (Å²) in [7, 11) is 0. The van der Waals surface area contributed by atoms with Crippen molar-refractivity contribution in [3.05, 3.63) is 33.4 Å². The fourth-order valence-corrected chi connectivity index (χ4v) is 3.43. The van der Waals surface area contributed by atoms with E-state index < -0.39 is 5.92 Å². The van der Waals surface area contributed by atoms with Gasteiger partial charge in [-0.05, 0) is 78.4 Å². The standard InChI is InChI=1S/C17H24F2IN/c1-2-11-21-16(12-13-3-5-15(20)6-4-13)14-7-9-17(18,19)10-8-14/h3-6,14,16,21H,2,7-12H2,1H3. The highest BCUT2D eigenvalue weighted by atomic mass is 127. The fourth-order valence-electron chi connectivity index (χ4n) is 3.07. The van der Waals surface area contributed by atoms with E-state index in [1.807, 2.05) is 0 Å². The molecule has 21 heavy (non-hydrogen) atoms. The predicted octanol–water partition coefficient (Wildman–Crippen LogP) is 5.03. The van der Waals surface area contributed by atoms with Gasteiger partial charge in [-0.2, -0.15) is 0 Å². The zero-order valence-corrected chi connectivity index (χ0v) is 14.7. The summed E-state index contributed by atoms with van der Waals surface area (Å²) >= 11 is 2.30. The van der Waals surface area contributed by atoms with Crippen molar-refractivity contribution in [2.75, 3.05) is 6.54 Å². The molecule has 0 heterocycles. The molecule has 1 saturated carbocycles. The van der Waals surface area contributed by atoms with E-state index in [2.05, 4.69) is 59.1 Å². The Bertz CT molecular complexity index is 423. The number of hydrogen-bond acceptors (Lipinski definition) is 1. The third-order valence-corrected chi connectivity index (χ3v) is 5.08. The van der Waals surface area contributed by atoms with Crippen LogP contribution in [-0.2, 0) is 6.42 Å². The highest BCUT2D eigenvalue weighted by Gasteiger charge is 2.37. The van der Waals surface area contributed by atoms with E-state index in [-0.39, 0.29) is 12.8 Å². The molecule has 0 aliphatic heterocycles. The topological polar surface area (TPSA) is 12.0 Å². The lowest BCUT2D eigenvalue weighted by atomic mass is 9.80. The quantitative estimate of drug-likeness (QED) is 0.653. The Morgan fingerprint density at radius 1 is 1.24 bits per heavy atom. The predicted molar refractivity (Wildman–Crippen MR) is 91.8 cm³/mol. The van der Waals surface area contributed by atoms with Gasteiger partial charge in [0.15, 0.2) is 0 Å².